The molecule has 6 heteroatoms. The van der Waals surface area contributed by atoms with Gasteiger partial charge in [-0.25, -0.2) is 0 Å². The number of nitrogens with zero attached hydrogens (tertiary/aromatic N) is 1. The number of aliphatic hydroxyl groups is 1. The normalized spacial score (nSPS) is 16.5. The van der Waals surface area contributed by atoms with Crippen molar-refractivity contribution >= 4 is 0 Å². The lowest BCUT2D eigenvalue weighted by molar-refractivity contribution is 0.231. The van der Waals surface area contributed by atoms with Gasteiger partial charge in [-0.2, -0.15) is 5.26 Å². The lowest BCUT2D eigenvalue weighted by Crippen LogP contribution is -2.25. The van der Waals surface area contributed by atoms with Crippen molar-refractivity contribution in [3.8, 4) is 11.8 Å². The third-order valence-corrected chi connectivity index (χ3v) is 3.78. The summed E-state index contributed by atoms with van der Waals surface area (Å²) in [6.07, 6.45) is 0. The van der Waals surface area contributed by atoms with Crippen molar-refractivity contribution in [3.05, 3.63) is 74.7 Å². The molecule has 1 atom stereocenters. The minimum absolute atomic E-state index is 0.0491. The molecule has 116 valence electrons. The number of nitriles is 1. The van der Waals surface area contributed by atoms with E-state index in [1.807, 2.05) is 37.3 Å². The van der Waals surface area contributed by atoms with Crippen molar-refractivity contribution in [2.75, 3.05) is 0 Å². The molecule has 23 heavy (non-hydrogen) atoms. The minimum atomic E-state index is -0.649. The average molecular weight is 310 g/mol. The van der Waals surface area contributed by atoms with Crippen molar-refractivity contribution in [3.63, 3.8) is 0 Å². The summed E-state index contributed by atoms with van der Waals surface area (Å²) in [6.45, 7) is 1.47. The molecular formula is C17H14N2O4. The Kier molecular flexibility index (Phi) is 3.64. The number of aliphatic hydroxyl groups excluding tert-OH is 1. The van der Waals surface area contributed by atoms with Crippen molar-refractivity contribution in [1.82, 2.24) is 0 Å². The molecule has 0 bridgehead atoms. The van der Waals surface area contributed by atoms with Gasteiger partial charge in [0.2, 0.25) is 17.1 Å². The maximum Gasteiger partial charge on any atom is 0.228 e. The van der Waals surface area contributed by atoms with Gasteiger partial charge in [0.1, 0.15) is 24.0 Å². The molecule has 1 aromatic carbocycles. The first-order valence-electron chi connectivity index (χ1n) is 6.97. The number of hydrogen-bond donors (Lipinski definition) is 2. The van der Waals surface area contributed by atoms with Gasteiger partial charge in [0, 0.05) is 6.07 Å². The van der Waals surface area contributed by atoms with Gasteiger partial charge >= 0.3 is 0 Å². The van der Waals surface area contributed by atoms with Gasteiger partial charge < -0.3 is 20.0 Å². The summed E-state index contributed by atoms with van der Waals surface area (Å²) in [6, 6.07) is 10.6. The number of nitrogens with two attached hydrogens (primary N) is 1. The molecule has 3 N–H and O–H groups in total. The van der Waals surface area contributed by atoms with Crippen LogP contribution in [-0.4, -0.2) is 5.11 Å². The highest BCUT2D eigenvalue weighted by Gasteiger charge is 2.35. The smallest absolute Gasteiger partial charge is 0.228 e. The van der Waals surface area contributed by atoms with Crippen LogP contribution in [0.4, 0.5) is 0 Å². The molecule has 1 aliphatic rings. The summed E-state index contributed by atoms with van der Waals surface area (Å²) in [7, 11) is 0. The molecule has 0 unspecified atom stereocenters. The highest BCUT2D eigenvalue weighted by Crippen LogP contribution is 2.41. The van der Waals surface area contributed by atoms with Crippen LogP contribution < -0.4 is 15.9 Å². The third-order valence-electron chi connectivity index (χ3n) is 3.78. The van der Waals surface area contributed by atoms with Gasteiger partial charge in [0.25, 0.3) is 0 Å². The lowest BCUT2D eigenvalue weighted by Gasteiger charge is -2.25. The molecule has 0 spiro atoms. The quantitative estimate of drug-likeness (QED) is 0.873. The van der Waals surface area contributed by atoms with E-state index < -0.39 is 18.0 Å². The molecule has 2 aromatic rings. The molecule has 1 aromatic heterocycles. The zero-order valence-electron chi connectivity index (χ0n) is 12.4. The molecular weight excluding hydrogens is 296 g/mol. The molecule has 0 aliphatic carbocycles. The number of hydrogen-bond acceptors (Lipinski definition) is 6. The van der Waals surface area contributed by atoms with Gasteiger partial charge in [-0.05, 0) is 18.1 Å². The Bertz CT molecular complexity index is 906. The van der Waals surface area contributed by atoms with E-state index in [2.05, 4.69) is 0 Å². The topological polar surface area (TPSA) is 109 Å². The first-order valence-corrected chi connectivity index (χ1v) is 6.97. The Hall–Kier alpha value is -3.04. The fourth-order valence-electron chi connectivity index (χ4n) is 2.68. The summed E-state index contributed by atoms with van der Waals surface area (Å²) in [5.41, 5.74) is 7.25. The zero-order chi connectivity index (χ0) is 16.6. The molecule has 0 saturated heterocycles. The van der Waals surface area contributed by atoms with E-state index >= 15 is 0 Å². The van der Waals surface area contributed by atoms with Crippen molar-refractivity contribution in [2.45, 2.75) is 19.4 Å². The Morgan fingerprint density at radius 3 is 2.78 bits per heavy atom. The predicted molar refractivity (Wildman–Crippen MR) is 81.4 cm³/mol. The minimum Gasteiger partial charge on any atom is -0.458 e. The number of rotatable bonds is 2. The maximum absolute atomic E-state index is 12.2. The maximum atomic E-state index is 12.2. The molecule has 0 saturated carbocycles. The van der Waals surface area contributed by atoms with Gasteiger partial charge in [-0.3, -0.25) is 4.79 Å². The first kappa shape index (κ1) is 14.9. The molecule has 6 nitrogen and oxygen atoms in total. The van der Waals surface area contributed by atoms with Crippen LogP contribution >= 0.6 is 0 Å². The van der Waals surface area contributed by atoms with Crippen LogP contribution in [0.25, 0.3) is 0 Å². The third kappa shape index (κ3) is 2.37. The summed E-state index contributed by atoms with van der Waals surface area (Å²) in [5, 5.41) is 18.7. The summed E-state index contributed by atoms with van der Waals surface area (Å²) < 4.78 is 10.9. The Balaban J connectivity index is 2.34. The summed E-state index contributed by atoms with van der Waals surface area (Å²) >= 11 is 0. The second kappa shape index (κ2) is 5.63. The van der Waals surface area contributed by atoms with E-state index in [1.165, 1.54) is 0 Å². The molecule has 0 fully saturated rings. The number of fused-ring (bicyclic) bond motifs is 1. The Morgan fingerprint density at radius 2 is 2.13 bits per heavy atom. The van der Waals surface area contributed by atoms with E-state index in [4.69, 9.17) is 14.9 Å². The predicted octanol–water partition coefficient (Wildman–Crippen LogP) is 1.66. The van der Waals surface area contributed by atoms with Crippen LogP contribution in [0.2, 0.25) is 0 Å². The SMILES string of the molecule is Cc1ccccc1[C@@H]1C(C#N)=C(N)Oc2c1oc(CO)cc2=O. The van der Waals surface area contributed by atoms with Crippen LogP contribution in [0, 0.1) is 18.3 Å². The number of aryl methyl sites for hydroxylation is 1. The van der Waals surface area contributed by atoms with E-state index in [0.29, 0.717) is 0 Å². The zero-order valence-corrected chi connectivity index (χ0v) is 12.4. The lowest BCUT2D eigenvalue weighted by atomic mass is 9.85. The number of benzene rings is 1. The van der Waals surface area contributed by atoms with Crippen LogP contribution in [-0.2, 0) is 6.61 Å². The van der Waals surface area contributed by atoms with Crippen LogP contribution in [0.15, 0.2) is 51.0 Å². The van der Waals surface area contributed by atoms with Gasteiger partial charge in [-0.1, -0.05) is 24.3 Å². The highest BCUT2D eigenvalue weighted by molar-refractivity contribution is 5.53. The van der Waals surface area contributed by atoms with E-state index in [-0.39, 0.29) is 28.7 Å². The van der Waals surface area contributed by atoms with Gasteiger partial charge in [-0.15, -0.1) is 0 Å². The largest absolute Gasteiger partial charge is 0.458 e. The average Bonchev–Trinajstić information content (AvgIpc) is 2.55. The molecule has 0 amide bonds. The fourth-order valence-corrected chi connectivity index (χ4v) is 2.68. The molecule has 1 aliphatic heterocycles. The Morgan fingerprint density at radius 1 is 1.39 bits per heavy atom. The first-order chi connectivity index (χ1) is 11.1. The summed E-state index contributed by atoms with van der Waals surface area (Å²) in [4.78, 5) is 12.2. The van der Waals surface area contributed by atoms with Crippen molar-refractivity contribution in [2.24, 2.45) is 5.73 Å². The van der Waals surface area contributed by atoms with E-state index in [0.717, 1.165) is 17.2 Å². The Labute approximate surface area is 132 Å². The van der Waals surface area contributed by atoms with Crippen molar-refractivity contribution < 1.29 is 14.3 Å². The summed E-state index contributed by atoms with van der Waals surface area (Å²) in [5.74, 6) is -0.524. The van der Waals surface area contributed by atoms with Crippen LogP contribution in [0.3, 0.4) is 0 Å². The monoisotopic (exact) mass is 310 g/mol. The molecule has 2 heterocycles. The van der Waals surface area contributed by atoms with E-state index in [9.17, 15) is 15.2 Å². The second-order valence-electron chi connectivity index (χ2n) is 5.21. The van der Waals surface area contributed by atoms with Gasteiger partial charge in [0.15, 0.2) is 5.76 Å². The highest BCUT2D eigenvalue weighted by atomic mass is 16.5. The second-order valence-corrected chi connectivity index (χ2v) is 5.21. The molecule has 0 radical (unpaired) electrons. The standard InChI is InChI=1S/C17H14N2O4/c1-9-4-2-3-5-11(9)14-12(7-18)17(19)23-15-13(21)6-10(8-20)22-16(14)15/h2-6,14,20H,8,19H2,1H3/t14-/m1/s1. The fraction of sp³-hybridized carbons (Fsp3) is 0.176. The van der Waals surface area contributed by atoms with E-state index in [1.54, 1.807) is 0 Å². The van der Waals surface area contributed by atoms with Crippen LogP contribution in [0.1, 0.15) is 28.6 Å². The molecule has 3 rings (SSSR count). The van der Waals surface area contributed by atoms with Gasteiger partial charge in [0.05, 0.1) is 5.92 Å². The van der Waals surface area contributed by atoms with Crippen molar-refractivity contribution in [1.29, 1.82) is 5.26 Å². The number of ether oxygens (including phenoxy) is 1. The van der Waals surface area contributed by atoms with Crippen LogP contribution in [0.5, 0.6) is 5.75 Å². The number of allylic oxidation sites excluding steroid dienone is 1.